The molecule has 0 radical (unpaired) electrons. The number of ether oxygens (including phenoxy) is 3. The molecule has 3 N–H and O–H groups in total. The monoisotopic (exact) mass is 513 g/mol. The Hall–Kier alpha value is -2.01. The summed E-state index contributed by atoms with van der Waals surface area (Å²) in [5.41, 5.74) is 6.85. The number of guanidine groups is 1. The number of rotatable bonds is 7. The van der Waals surface area contributed by atoms with E-state index in [9.17, 15) is 8.78 Å². The SMILES string of the molecule is COc1ccc(OC(F)F)c(CN=C(N)Nc2ccc(OC)c(Cl)c2)c1.I. The van der Waals surface area contributed by atoms with E-state index in [1.54, 1.807) is 24.3 Å². The molecule has 10 heteroatoms. The average Bonchev–Trinajstić information content (AvgIpc) is 2.60. The van der Waals surface area contributed by atoms with Gasteiger partial charge in [0.05, 0.1) is 25.8 Å². The molecule has 0 aliphatic carbocycles. The largest absolute Gasteiger partial charge is 0.497 e. The lowest BCUT2D eigenvalue weighted by molar-refractivity contribution is -0.0504. The van der Waals surface area contributed by atoms with Gasteiger partial charge < -0.3 is 25.3 Å². The lowest BCUT2D eigenvalue weighted by Gasteiger charge is -2.12. The molecule has 0 aliphatic rings. The molecule has 0 unspecified atom stereocenters. The first-order valence-electron chi connectivity index (χ1n) is 7.45. The number of hydrogen-bond acceptors (Lipinski definition) is 4. The molecule has 0 fully saturated rings. The number of nitrogens with two attached hydrogens (primary N) is 1. The van der Waals surface area contributed by atoms with Crippen LogP contribution in [-0.4, -0.2) is 26.8 Å². The van der Waals surface area contributed by atoms with E-state index in [2.05, 4.69) is 15.0 Å². The second kappa shape index (κ2) is 11.0. The summed E-state index contributed by atoms with van der Waals surface area (Å²) in [6.07, 6.45) is 0. The highest BCUT2D eigenvalue weighted by Crippen LogP contribution is 2.28. The van der Waals surface area contributed by atoms with Crippen LogP contribution in [0.1, 0.15) is 5.56 Å². The number of halogens is 4. The number of nitrogens with one attached hydrogen (secondary N) is 1. The summed E-state index contributed by atoms with van der Waals surface area (Å²) in [6, 6.07) is 9.48. The Labute approximate surface area is 177 Å². The standard InChI is InChI=1S/C17H18ClF2N3O3.HI/c1-24-12-4-6-14(26-16(19)20)10(7-12)9-22-17(21)23-11-3-5-15(25-2)13(18)8-11;/h3-8,16H,9H2,1-2H3,(H3,21,22,23);1H. The Morgan fingerprint density at radius 3 is 2.44 bits per heavy atom. The van der Waals surface area contributed by atoms with Crippen LogP contribution in [0, 0.1) is 0 Å². The minimum Gasteiger partial charge on any atom is -0.497 e. The molecular formula is C17H19ClF2IN3O3. The van der Waals surface area contributed by atoms with Crippen molar-refractivity contribution >= 4 is 47.2 Å². The van der Waals surface area contributed by atoms with Crippen LogP contribution in [0.4, 0.5) is 14.5 Å². The fraction of sp³-hybridized carbons (Fsp3) is 0.235. The van der Waals surface area contributed by atoms with Gasteiger partial charge in [0.2, 0.25) is 0 Å². The second-order valence-corrected chi connectivity index (χ2v) is 5.44. The topological polar surface area (TPSA) is 78.1 Å². The van der Waals surface area contributed by atoms with E-state index in [-0.39, 0.29) is 42.2 Å². The normalized spacial score (nSPS) is 11.0. The molecule has 0 saturated heterocycles. The van der Waals surface area contributed by atoms with Gasteiger partial charge in [0, 0.05) is 11.3 Å². The number of anilines is 1. The summed E-state index contributed by atoms with van der Waals surface area (Å²) >= 11 is 6.04. The van der Waals surface area contributed by atoms with Crippen molar-refractivity contribution in [2.75, 3.05) is 19.5 Å². The summed E-state index contributed by atoms with van der Waals surface area (Å²) in [7, 11) is 2.98. The molecule has 0 heterocycles. The maximum absolute atomic E-state index is 12.5. The van der Waals surface area contributed by atoms with Gasteiger partial charge in [-0.3, -0.25) is 0 Å². The Balaban J connectivity index is 0.00000364. The maximum Gasteiger partial charge on any atom is 0.387 e. The summed E-state index contributed by atoms with van der Waals surface area (Å²) in [6.45, 7) is -2.93. The average molecular weight is 514 g/mol. The number of aliphatic imine (C=N–C) groups is 1. The van der Waals surface area contributed by atoms with E-state index in [1.165, 1.54) is 26.4 Å². The molecule has 6 nitrogen and oxygen atoms in total. The number of hydrogen-bond donors (Lipinski definition) is 2. The molecule has 0 atom stereocenters. The van der Waals surface area contributed by atoms with Gasteiger partial charge in [-0.25, -0.2) is 4.99 Å². The molecule has 0 amide bonds. The van der Waals surface area contributed by atoms with Gasteiger partial charge in [0.25, 0.3) is 0 Å². The lowest BCUT2D eigenvalue weighted by Crippen LogP contribution is -2.22. The van der Waals surface area contributed by atoms with Gasteiger partial charge in [-0.2, -0.15) is 8.78 Å². The van der Waals surface area contributed by atoms with Gasteiger partial charge in [-0.1, -0.05) is 11.6 Å². The van der Waals surface area contributed by atoms with Crippen LogP contribution < -0.4 is 25.3 Å². The van der Waals surface area contributed by atoms with Crippen LogP contribution in [0.2, 0.25) is 5.02 Å². The van der Waals surface area contributed by atoms with Crippen molar-refractivity contribution < 1.29 is 23.0 Å². The first-order chi connectivity index (χ1) is 12.4. The summed E-state index contributed by atoms with van der Waals surface area (Å²) < 4.78 is 39.7. The van der Waals surface area contributed by atoms with Crippen LogP contribution in [-0.2, 0) is 6.54 Å². The third-order valence-corrected chi connectivity index (χ3v) is 3.62. The lowest BCUT2D eigenvalue weighted by atomic mass is 10.2. The van der Waals surface area contributed by atoms with Crippen molar-refractivity contribution in [2.45, 2.75) is 13.2 Å². The molecule has 0 aromatic heterocycles. The van der Waals surface area contributed by atoms with Crippen LogP contribution in [0.25, 0.3) is 0 Å². The fourth-order valence-corrected chi connectivity index (χ4v) is 2.38. The van der Waals surface area contributed by atoms with Crippen molar-refractivity contribution in [2.24, 2.45) is 10.7 Å². The third-order valence-electron chi connectivity index (χ3n) is 3.33. The second-order valence-electron chi connectivity index (χ2n) is 5.03. The van der Waals surface area contributed by atoms with Gasteiger partial charge in [-0.15, -0.1) is 24.0 Å². The number of methoxy groups -OCH3 is 2. The van der Waals surface area contributed by atoms with Gasteiger partial charge in [-0.05, 0) is 36.4 Å². The quantitative estimate of drug-likeness (QED) is 0.324. The highest BCUT2D eigenvalue weighted by atomic mass is 127. The maximum atomic E-state index is 12.5. The van der Waals surface area contributed by atoms with E-state index in [0.29, 0.717) is 27.8 Å². The smallest absolute Gasteiger partial charge is 0.387 e. The number of benzene rings is 2. The molecule has 2 rings (SSSR count). The Kier molecular flexibility index (Phi) is 9.36. The zero-order chi connectivity index (χ0) is 19.1. The Morgan fingerprint density at radius 1 is 1.15 bits per heavy atom. The van der Waals surface area contributed by atoms with Crippen molar-refractivity contribution in [3.63, 3.8) is 0 Å². The molecule has 27 heavy (non-hydrogen) atoms. The fourth-order valence-electron chi connectivity index (χ4n) is 2.12. The highest BCUT2D eigenvalue weighted by Gasteiger charge is 2.11. The van der Waals surface area contributed by atoms with Crippen LogP contribution in [0.3, 0.4) is 0 Å². The molecular weight excluding hydrogens is 495 g/mol. The number of nitrogens with zero attached hydrogens (tertiary/aromatic N) is 1. The third kappa shape index (κ3) is 6.90. The molecule has 148 valence electrons. The predicted molar refractivity (Wildman–Crippen MR) is 112 cm³/mol. The first kappa shape index (κ1) is 23.0. The summed E-state index contributed by atoms with van der Waals surface area (Å²) in [4.78, 5) is 4.13. The van der Waals surface area contributed by atoms with E-state index in [0.717, 1.165) is 0 Å². The molecule has 2 aromatic carbocycles. The molecule has 0 saturated carbocycles. The van der Waals surface area contributed by atoms with Gasteiger partial charge in [0.1, 0.15) is 17.2 Å². The molecule has 2 aromatic rings. The van der Waals surface area contributed by atoms with E-state index < -0.39 is 6.61 Å². The van der Waals surface area contributed by atoms with E-state index >= 15 is 0 Å². The van der Waals surface area contributed by atoms with Crippen molar-refractivity contribution in [3.05, 3.63) is 47.0 Å². The van der Waals surface area contributed by atoms with Gasteiger partial charge >= 0.3 is 6.61 Å². The molecule has 0 bridgehead atoms. The van der Waals surface area contributed by atoms with Crippen LogP contribution >= 0.6 is 35.6 Å². The Bertz CT molecular complexity index is 794. The number of alkyl halides is 2. The molecule has 0 aliphatic heterocycles. The highest BCUT2D eigenvalue weighted by molar-refractivity contribution is 14.0. The molecule has 0 spiro atoms. The minimum atomic E-state index is -2.94. The van der Waals surface area contributed by atoms with Crippen LogP contribution in [0.15, 0.2) is 41.4 Å². The minimum absolute atomic E-state index is 0. The summed E-state index contributed by atoms with van der Waals surface area (Å²) in [5.74, 6) is 1.10. The van der Waals surface area contributed by atoms with Crippen molar-refractivity contribution in [1.82, 2.24) is 0 Å². The Morgan fingerprint density at radius 2 is 1.85 bits per heavy atom. The first-order valence-corrected chi connectivity index (χ1v) is 7.83. The van der Waals surface area contributed by atoms with Crippen molar-refractivity contribution in [1.29, 1.82) is 0 Å². The van der Waals surface area contributed by atoms with Gasteiger partial charge in [0.15, 0.2) is 5.96 Å². The zero-order valence-corrected chi connectivity index (χ0v) is 17.6. The zero-order valence-electron chi connectivity index (χ0n) is 14.5. The van der Waals surface area contributed by atoms with E-state index in [1.807, 2.05) is 0 Å². The predicted octanol–water partition coefficient (Wildman–Crippen LogP) is 4.50. The van der Waals surface area contributed by atoms with Crippen LogP contribution in [0.5, 0.6) is 17.2 Å². The summed E-state index contributed by atoms with van der Waals surface area (Å²) in [5, 5.41) is 3.27. The van der Waals surface area contributed by atoms with E-state index in [4.69, 9.17) is 26.8 Å². The van der Waals surface area contributed by atoms with Crippen molar-refractivity contribution in [3.8, 4) is 17.2 Å².